The highest BCUT2D eigenvalue weighted by molar-refractivity contribution is 6.00. The Labute approximate surface area is 312 Å². The highest BCUT2D eigenvalue weighted by atomic mass is 16.5. The molecule has 0 unspecified atom stereocenters. The van der Waals surface area contributed by atoms with Gasteiger partial charge in [-0.15, -0.1) is 0 Å². The number of rotatable bonds is 10. The molecule has 8 atom stereocenters. The Morgan fingerprint density at radius 1 is 0.923 bits per heavy atom. The molecule has 5 saturated carbocycles. The Morgan fingerprint density at radius 3 is 2.25 bits per heavy atom. The van der Waals surface area contributed by atoms with Gasteiger partial charge in [-0.3, -0.25) is 14.4 Å². The normalized spacial score (nSPS) is 38.9. The molecule has 286 valence electrons. The molecule has 0 amide bonds. The van der Waals surface area contributed by atoms with E-state index in [1.807, 2.05) is 18.5 Å². The maximum absolute atomic E-state index is 14.1. The Morgan fingerprint density at radius 2 is 1.62 bits per heavy atom. The summed E-state index contributed by atoms with van der Waals surface area (Å²) in [6, 6.07) is 1.88. The smallest absolute Gasteiger partial charge is 0.309 e. The van der Waals surface area contributed by atoms with Gasteiger partial charge in [0, 0.05) is 29.6 Å². The zero-order valence-corrected chi connectivity index (χ0v) is 33.5. The van der Waals surface area contributed by atoms with Crippen LogP contribution in [0.3, 0.4) is 0 Å². The molecule has 2 N–H and O–H groups in total. The fourth-order valence-electron chi connectivity index (χ4n) is 13.6. The van der Waals surface area contributed by atoms with E-state index in [0.717, 1.165) is 82.2 Å². The molecule has 52 heavy (non-hydrogen) atoms. The number of esters is 1. The van der Waals surface area contributed by atoms with Crippen molar-refractivity contribution in [1.29, 1.82) is 0 Å². The first-order valence-electron chi connectivity index (χ1n) is 20.5. The summed E-state index contributed by atoms with van der Waals surface area (Å²) < 4.78 is 6.19. The number of ether oxygens (including phenoxy) is 1. The fourth-order valence-corrected chi connectivity index (χ4v) is 13.6. The molecule has 6 aliphatic rings. The minimum atomic E-state index is -1.15. The van der Waals surface area contributed by atoms with E-state index >= 15 is 0 Å². The molecule has 8 nitrogen and oxygen atoms in total. The second-order valence-corrected chi connectivity index (χ2v) is 20.5. The molecule has 1 aromatic heterocycles. The lowest BCUT2D eigenvalue weighted by atomic mass is 9.33. The van der Waals surface area contributed by atoms with Crippen LogP contribution in [-0.4, -0.2) is 45.4 Å². The minimum Gasteiger partial charge on any atom is -0.481 e. The number of aromatic nitrogens is 2. The maximum atomic E-state index is 14.1. The summed E-state index contributed by atoms with van der Waals surface area (Å²) in [6.45, 7) is 20.9. The number of carbonyl (C=O) groups excluding carboxylic acids is 2. The summed E-state index contributed by atoms with van der Waals surface area (Å²) in [5.74, 6) is 1.53. The van der Waals surface area contributed by atoms with Crippen molar-refractivity contribution in [3.05, 3.63) is 35.4 Å². The van der Waals surface area contributed by atoms with Crippen molar-refractivity contribution in [2.24, 2.45) is 56.2 Å². The Hall–Kier alpha value is -2.61. The van der Waals surface area contributed by atoms with Crippen LogP contribution in [0.15, 0.2) is 29.6 Å². The lowest BCUT2D eigenvalue weighted by Gasteiger charge is -2.72. The average Bonchev–Trinajstić information content (AvgIpc) is 3.79. The fraction of sp³-hybridized carbons (Fsp3) is 0.795. The lowest BCUT2D eigenvalue weighted by Crippen LogP contribution is -2.65. The van der Waals surface area contributed by atoms with Crippen LogP contribution in [0.5, 0.6) is 0 Å². The summed E-state index contributed by atoms with van der Waals surface area (Å²) in [5.41, 5.74) is 1.51. The number of nitrogens with one attached hydrogen (secondary N) is 1. The number of ketones is 1. The Kier molecular flexibility index (Phi) is 9.03. The number of carbonyl (C=O) groups is 3. The molecule has 6 aliphatic carbocycles. The van der Waals surface area contributed by atoms with Gasteiger partial charge in [-0.1, -0.05) is 54.0 Å². The van der Waals surface area contributed by atoms with Gasteiger partial charge >= 0.3 is 11.9 Å². The summed E-state index contributed by atoms with van der Waals surface area (Å²) in [7, 11) is 0. The van der Waals surface area contributed by atoms with Crippen LogP contribution in [0.25, 0.3) is 0 Å². The molecule has 0 saturated heterocycles. The second-order valence-electron chi connectivity index (χ2n) is 20.5. The number of Topliss-reactive ketones (excluding diaryl/α,β-unsaturated/α-hetero) is 1. The minimum absolute atomic E-state index is 0.0646. The molecule has 1 heterocycles. The van der Waals surface area contributed by atoms with Crippen LogP contribution in [0.1, 0.15) is 152 Å². The third-order valence-electron chi connectivity index (χ3n) is 16.8. The van der Waals surface area contributed by atoms with Crippen molar-refractivity contribution in [2.45, 2.75) is 157 Å². The molecular weight excluding hydrogens is 651 g/mol. The summed E-state index contributed by atoms with van der Waals surface area (Å²) in [5, 5.41) is 13.5. The number of aliphatic carboxylic acids is 1. The van der Waals surface area contributed by atoms with Gasteiger partial charge in [0.15, 0.2) is 5.78 Å². The van der Waals surface area contributed by atoms with Crippen LogP contribution >= 0.6 is 0 Å². The van der Waals surface area contributed by atoms with Gasteiger partial charge in [-0.25, -0.2) is 9.97 Å². The number of nitrogens with zero attached hydrogens (tertiary/aromatic N) is 2. The molecule has 0 aromatic carbocycles. The topological polar surface area (TPSA) is 118 Å². The van der Waals surface area contributed by atoms with Crippen molar-refractivity contribution in [3.8, 4) is 0 Å². The molecule has 0 aliphatic heterocycles. The second kappa shape index (κ2) is 12.5. The van der Waals surface area contributed by atoms with Crippen LogP contribution < -0.4 is 5.32 Å². The monoisotopic (exact) mass is 715 g/mol. The van der Waals surface area contributed by atoms with E-state index in [-0.39, 0.29) is 51.1 Å². The molecule has 1 aromatic rings. The third-order valence-corrected chi connectivity index (χ3v) is 16.8. The number of allylic oxidation sites excluding steroid dienone is 2. The first-order valence-corrected chi connectivity index (χ1v) is 20.5. The molecule has 8 heteroatoms. The van der Waals surface area contributed by atoms with Crippen molar-refractivity contribution in [2.75, 3.05) is 6.54 Å². The number of fused-ring (bicyclic) bond motifs is 7. The number of carboxylic acid groups (broad SMARTS) is 1. The van der Waals surface area contributed by atoms with E-state index in [9.17, 15) is 19.5 Å². The zero-order valence-electron chi connectivity index (χ0n) is 33.5. The zero-order chi connectivity index (χ0) is 37.7. The SMILES string of the molecule is CC(C)C1=C2[C@H]3CC[C@@H]4[C@@]5(C)CC[C@H](OC(=O)CC(C)(C)C(=O)O)C(C)(C)[C@@H]5CC[C@@]4(C)[C@]3(C)CC[C@@]2(CCNC2(c3ncccn3)CC2)CC1=O. The van der Waals surface area contributed by atoms with Crippen LogP contribution in [-0.2, 0) is 24.7 Å². The van der Waals surface area contributed by atoms with Crippen molar-refractivity contribution < 1.29 is 24.2 Å². The van der Waals surface area contributed by atoms with Crippen LogP contribution in [0.2, 0.25) is 0 Å². The summed E-state index contributed by atoms with van der Waals surface area (Å²) in [6.07, 6.45) is 15.7. The van der Waals surface area contributed by atoms with Gasteiger partial charge in [0.2, 0.25) is 0 Å². The maximum Gasteiger partial charge on any atom is 0.309 e. The van der Waals surface area contributed by atoms with Crippen molar-refractivity contribution >= 4 is 17.7 Å². The quantitative estimate of drug-likeness (QED) is 0.231. The third kappa shape index (κ3) is 5.56. The van der Waals surface area contributed by atoms with Crippen LogP contribution in [0, 0.1) is 56.2 Å². The van der Waals surface area contributed by atoms with Gasteiger partial charge in [-0.2, -0.15) is 0 Å². The van der Waals surface area contributed by atoms with E-state index in [2.05, 4.69) is 63.8 Å². The predicted octanol–water partition coefficient (Wildman–Crippen LogP) is 8.84. The van der Waals surface area contributed by atoms with Crippen LogP contribution in [0.4, 0.5) is 0 Å². The highest BCUT2D eigenvalue weighted by Gasteiger charge is 2.70. The van der Waals surface area contributed by atoms with E-state index in [0.29, 0.717) is 30.0 Å². The van der Waals surface area contributed by atoms with E-state index in [1.54, 1.807) is 13.8 Å². The molecule has 7 rings (SSSR count). The summed E-state index contributed by atoms with van der Waals surface area (Å²) >= 11 is 0. The molecular formula is C44H65N3O5. The van der Waals surface area contributed by atoms with E-state index < -0.39 is 17.4 Å². The highest BCUT2D eigenvalue weighted by Crippen LogP contribution is 2.77. The summed E-state index contributed by atoms with van der Waals surface area (Å²) in [4.78, 5) is 48.1. The predicted molar refractivity (Wildman–Crippen MR) is 201 cm³/mol. The first-order chi connectivity index (χ1) is 24.3. The molecule has 0 radical (unpaired) electrons. The van der Waals surface area contributed by atoms with E-state index in [1.165, 1.54) is 12.0 Å². The van der Waals surface area contributed by atoms with Gasteiger partial charge in [0.05, 0.1) is 17.4 Å². The largest absolute Gasteiger partial charge is 0.481 e. The Bertz CT molecular complexity index is 1650. The van der Waals surface area contributed by atoms with Gasteiger partial charge in [-0.05, 0) is 143 Å². The standard InChI is InChI=1S/C44H65N3O5/c1-27(2)34-29(48)25-43(21-24-47-44(19-20-44)36-45-22-10-23-46-36)18-17-41(8)28(35(34)43)11-12-31-40(7)15-14-32(52-33(49)26-38(3,4)37(50)51)39(5,6)30(40)13-16-42(31,41)9/h10,22-23,27-28,30-32,47H,11-21,24-26H2,1-9H3,(H,50,51)/t28-,30+,31-,32+,40+,41-,42-,43-/m1/s1. The molecule has 0 spiro atoms. The van der Waals surface area contributed by atoms with Crippen molar-refractivity contribution in [1.82, 2.24) is 15.3 Å². The number of carboxylic acids is 1. The first kappa shape index (κ1) is 37.7. The number of hydrogen-bond acceptors (Lipinski definition) is 7. The number of hydrogen-bond donors (Lipinski definition) is 2. The van der Waals surface area contributed by atoms with Gasteiger partial charge in [0.25, 0.3) is 0 Å². The van der Waals surface area contributed by atoms with Crippen molar-refractivity contribution in [3.63, 3.8) is 0 Å². The van der Waals surface area contributed by atoms with Gasteiger partial charge in [0.1, 0.15) is 11.9 Å². The lowest BCUT2D eigenvalue weighted by molar-refractivity contribution is -0.233. The Balaban J connectivity index is 1.13. The average molecular weight is 716 g/mol. The van der Waals surface area contributed by atoms with E-state index in [4.69, 9.17) is 4.74 Å². The van der Waals surface area contributed by atoms with Gasteiger partial charge < -0.3 is 15.2 Å². The molecule has 0 bridgehead atoms. The molecule has 5 fully saturated rings.